The summed E-state index contributed by atoms with van der Waals surface area (Å²) in [5.41, 5.74) is 1.20. The fraction of sp³-hybridized carbons (Fsp3) is 0.100. The Bertz CT molecular complexity index is 799. The fourth-order valence-electron chi connectivity index (χ4n) is 2.85. The average Bonchev–Trinajstić information content (AvgIpc) is 2.60. The Morgan fingerprint density at radius 3 is 2.09 bits per heavy atom. The van der Waals surface area contributed by atoms with Gasteiger partial charge in [0, 0.05) is 6.61 Å². The number of aliphatic hydroxyl groups is 1. The Morgan fingerprint density at radius 2 is 1.43 bits per heavy atom. The van der Waals surface area contributed by atoms with Crippen LogP contribution >= 0.6 is 11.8 Å². The molecule has 1 N–H and O–H groups in total. The highest BCUT2D eigenvalue weighted by molar-refractivity contribution is 8.04. The highest BCUT2D eigenvalue weighted by atomic mass is 32.2. The molecule has 1 nitrogen and oxygen atoms in total. The van der Waals surface area contributed by atoms with Crippen LogP contribution in [0.3, 0.4) is 0 Å². The monoisotopic (exact) mass is 337 g/mol. The zero-order valence-electron chi connectivity index (χ0n) is 12.6. The van der Waals surface area contributed by atoms with Gasteiger partial charge < -0.3 is 5.11 Å². The minimum absolute atomic E-state index is 0.0742. The van der Waals surface area contributed by atoms with Crippen molar-refractivity contribution in [2.24, 2.45) is 0 Å². The van der Waals surface area contributed by atoms with Crippen LogP contribution in [0.2, 0.25) is 0 Å². The Hall–Kier alpha value is -1.68. The van der Waals surface area contributed by atoms with Crippen molar-refractivity contribution in [3.05, 3.63) is 78.4 Å². The molecule has 1 heterocycles. The van der Waals surface area contributed by atoms with Gasteiger partial charge >= 0.3 is 0 Å². The topological polar surface area (TPSA) is 20.2 Å². The molecule has 3 aromatic carbocycles. The zero-order chi connectivity index (χ0) is 15.6. The summed E-state index contributed by atoms with van der Waals surface area (Å²) in [6.07, 6.45) is 0.711. The number of rotatable bonds is 3. The molecule has 3 heteroatoms. The quantitative estimate of drug-likeness (QED) is 0.543. The van der Waals surface area contributed by atoms with Crippen LogP contribution < -0.4 is 0 Å². The molecule has 1 aliphatic rings. The van der Waals surface area contributed by atoms with E-state index in [1.54, 1.807) is 0 Å². The normalized spacial score (nSPS) is 13.4. The Labute approximate surface area is 143 Å². The van der Waals surface area contributed by atoms with E-state index in [0.717, 1.165) is 0 Å². The Kier molecular flexibility index (Phi) is 4.17. The van der Waals surface area contributed by atoms with Gasteiger partial charge in [-0.1, -0.05) is 48.2 Å². The van der Waals surface area contributed by atoms with Crippen molar-refractivity contribution in [1.82, 2.24) is 0 Å². The van der Waals surface area contributed by atoms with Crippen LogP contribution in [0, 0.1) is 0 Å². The maximum atomic E-state index is 9.24. The van der Waals surface area contributed by atoms with Crippen molar-refractivity contribution in [2.75, 3.05) is 6.61 Å². The molecular formula is C20H17OS2+. The van der Waals surface area contributed by atoms with E-state index in [4.69, 9.17) is 0 Å². The van der Waals surface area contributed by atoms with Crippen molar-refractivity contribution in [3.8, 4) is 0 Å². The van der Waals surface area contributed by atoms with Crippen molar-refractivity contribution in [1.29, 1.82) is 0 Å². The van der Waals surface area contributed by atoms with E-state index < -0.39 is 0 Å². The molecule has 0 unspecified atom stereocenters. The second-order valence-electron chi connectivity index (χ2n) is 5.42. The summed E-state index contributed by atoms with van der Waals surface area (Å²) in [5.74, 6) is 0. The molecule has 0 bridgehead atoms. The number of benzene rings is 3. The molecule has 0 aromatic heterocycles. The molecule has 0 amide bonds. The lowest BCUT2D eigenvalue weighted by atomic mass is 10.2. The largest absolute Gasteiger partial charge is 0.396 e. The summed E-state index contributed by atoms with van der Waals surface area (Å²) in [6.45, 7) is 0.195. The fourth-order valence-corrected chi connectivity index (χ4v) is 6.67. The van der Waals surface area contributed by atoms with Crippen LogP contribution in [0.5, 0.6) is 0 Å². The Balaban J connectivity index is 1.89. The van der Waals surface area contributed by atoms with Gasteiger partial charge in [-0.2, -0.15) is 0 Å². The molecule has 0 saturated heterocycles. The van der Waals surface area contributed by atoms with Crippen LogP contribution in [-0.2, 0) is 17.3 Å². The standard InChI is InChI=1S/C20H17OS2/c21-13-12-15-6-5-7-16(14-15)23-19-10-3-1-8-17(19)22-18-9-2-4-11-20(18)23/h1-11,14,21H,12-13H2/q+1. The molecule has 0 aliphatic carbocycles. The molecule has 0 saturated carbocycles. The molecule has 4 rings (SSSR count). The number of hydrogen-bond acceptors (Lipinski definition) is 2. The minimum atomic E-state index is -0.0742. The summed E-state index contributed by atoms with van der Waals surface area (Å²) >= 11 is 1.86. The maximum Gasteiger partial charge on any atom is 0.180 e. The van der Waals surface area contributed by atoms with E-state index in [1.165, 1.54) is 30.0 Å². The van der Waals surface area contributed by atoms with E-state index in [2.05, 4.69) is 72.8 Å². The summed E-state index contributed by atoms with van der Waals surface area (Å²) < 4.78 is 0. The summed E-state index contributed by atoms with van der Waals surface area (Å²) in [6, 6.07) is 26.1. The maximum absolute atomic E-state index is 9.24. The predicted octanol–water partition coefficient (Wildman–Crippen LogP) is 4.78. The van der Waals surface area contributed by atoms with Gasteiger partial charge in [0.1, 0.15) is 10.9 Å². The lowest BCUT2D eigenvalue weighted by molar-refractivity contribution is 0.299. The van der Waals surface area contributed by atoms with E-state index in [-0.39, 0.29) is 17.5 Å². The molecule has 3 aromatic rings. The third-order valence-corrected chi connectivity index (χ3v) is 7.62. The highest BCUT2D eigenvalue weighted by Gasteiger charge is 2.37. The van der Waals surface area contributed by atoms with Gasteiger partial charge in [0.15, 0.2) is 14.7 Å². The second kappa shape index (κ2) is 6.44. The van der Waals surface area contributed by atoms with Crippen LogP contribution in [0.1, 0.15) is 5.56 Å². The molecule has 0 atom stereocenters. The van der Waals surface area contributed by atoms with Crippen LogP contribution in [0.25, 0.3) is 0 Å². The Morgan fingerprint density at radius 1 is 0.783 bits per heavy atom. The van der Waals surface area contributed by atoms with E-state index >= 15 is 0 Å². The summed E-state index contributed by atoms with van der Waals surface area (Å²) in [7, 11) is -0.0742. The summed E-state index contributed by atoms with van der Waals surface area (Å²) in [5, 5.41) is 9.24. The smallest absolute Gasteiger partial charge is 0.180 e. The van der Waals surface area contributed by atoms with Crippen LogP contribution in [0.15, 0.2) is 97.3 Å². The average molecular weight is 337 g/mol. The van der Waals surface area contributed by atoms with Crippen molar-refractivity contribution >= 4 is 22.7 Å². The highest BCUT2D eigenvalue weighted by Crippen LogP contribution is 2.47. The molecule has 0 spiro atoms. The van der Waals surface area contributed by atoms with Gasteiger partial charge in [0.2, 0.25) is 0 Å². The summed E-state index contributed by atoms with van der Waals surface area (Å²) in [4.78, 5) is 6.83. The van der Waals surface area contributed by atoms with Crippen LogP contribution in [0.4, 0.5) is 0 Å². The van der Waals surface area contributed by atoms with E-state index in [0.29, 0.717) is 6.42 Å². The third kappa shape index (κ3) is 2.80. The number of fused-ring (bicyclic) bond motifs is 2. The van der Waals surface area contributed by atoms with Gasteiger partial charge in [-0.25, -0.2) is 0 Å². The van der Waals surface area contributed by atoms with Crippen molar-refractivity contribution in [2.45, 2.75) is 30.9 Å². The second-order valence-corrected chi connectivity index (χ2v) is 8.47. The molecule has 1 aliphatic heterocycles. The molecular weight excluding hydrogens is 320 g/mol. The lowest BCUT2D eigenvalue weighted by Gasteiger charge is -2.19. The molecule has 114 valence electrons. The first-order valence-electron chi connectivity index (χ1n) is 7.67. The first kappa shape index (κ1) is 14.9. The van der Waals surface area contributed by atoms with Crippen LogP contribution in [-0.4, -0.2) is 11.7 Å². The first-order valence-corrected chi connectivity index (χ1v) is 9.71. The number of aliphatic hydroxyl groups excluding tert-OH is 1. The SMILES string of the molecule is OCCc1cccc([S+]2c3ccccc3Sc3ccccc32)c1. The molecule has 0 radical (unpaired) electrons. The first-order chi connectivity index (χ1) is 11.4. The van der Waals surface area contributed by atoms with Gasteiger partial charge in [0.25, 0.3) is 0 Å². The van der Waals surface area contributed by atoms with Crippen molar-refractivity contribution < 1.29 is 5.11 Å². The molecule has 23 heavy (non-hydrogen) atoms. The lowest BCUT2D eigenvalue weighted by Crippen LogP contribution is -2.11. The zero-order valence-corrected chi connectivity index (χ0v) is 14.2. The third-order valence-electron chi connectivity index (χ3n) is 3.89. The van der Waals surface area contributed by atoms with E-state index in [9.17, 15) is 5.11 Å². The van der Waals surface area contributed by atoms with Gasteiger partial charge in [0.05, 0.1) is 9.79 Å². The van der Waals surface area contributed by atoms with Gasteiger partial charge in [-0.05, 0) is 48.4 Å². The van der Waals surface area contributed by atoms with Gasteiger partial charge in [-0.15, -0.1) is 0 Å². The van der Waals surface area contributed by atoms with Crippen molar-refractivity contribution in [3.63, 3.8) is 0 Å². The predicted molar refractivity (Wildman–Crippen MR) is 96.4 cm³/mol. The molecule has 0 fully saturated rings. The minimum Gasteiger partial charge on any atom is -0.396 e. The van der Waals surface area contributed by atoms with E-state index in [1.807, 2.05) is 11.8 Å². The van der Waals surface area contributed by atoms with Gasteiger partial charge in [-0.3, -0.25) is 0 Å². The number of hydrogen-bond donors (Lipinski definition) is 1.